The van der Waals surface area contributed by atoms with Crippen LogP contribution >= 0.6 is 0 Å². The summed E-state index contributed by atoms with van der Waals surface area (Å²) in [4.78, 5) is 33.8. The number of H-pyrrole nitrogens is 1. The van der Waals surface area contributed by atoms with Crippen molar-refractivity contribution in [1.29, 1.82) is 0 Å². The van der Waals surface area contributed by atoms with E-state index >= 15 is 4.39 Å². The molecule has 220 valence electrons. The number of anilines is 1. The van der Waals surface area contributed by atoms with Gasteiger partial charge in [-0.15, -0.1) is 0 Å². The molecule has 2 fully saturated rings. The molecule has 0 bridgehead atoms. The Morgan fingerprint density at radius 2 is 1.95 bits per heavy atom. The highest BCUT2D eigenvalue weighted by Crippen LogP contribution is 2.34. The number of pyridine rings is 1. The van der Waals surface area contributed by atoms with E-state index in [4.69, 9.17) is 10.5 Å². The summed E-state index contributed by atoms with van der Waals surface area (Å²) in [6.07, 6.45) is 3.27. The van der Waals surface area contributed by atoms with E-state index in [0.717, 1.165) is 19.0 Å². The van der Waals surface area contributed by atoms with Crippen molar-refractivity contribution in [3.63, 3.8) is 0 Å². The zero-order valence-corrected chi connectivity index (χ0v) is 22.2. The third-order valence-electron chi connectivity index (χ3n) is 7.96. The molecule has 1 saturated carbocycles. The number of nitrogens with zero attached hydrogens (tertiary/aromatic N) is 4. The van der Waals surface area contributed by atoms with Crippen LogP contribution in [0.4, 0.5) is 23.2 Å². The summed E-state index contributed by atoms with van der Waals surface area (Å²) in [5, 5.41) is 8.91. The fourth-order valence-corrected chi connectivity index (χ4v) is 5.72. The van der Waals surface area contributed by atoms with Crippen LogP contribution in [-0.4, -0.2) is 44.0 Å². The molecule has 1 saturated heterocycles. The first-order valence-corrected chi connectivity index (χ1v) is 13.5. The first-order chi connectivity index (χ1) is 20.0. The van der Waals surface area contributed by atoms with E-state index in [9.17, 15) is 22.8 Å². The van der Waals surface area contributed by atoms with Crippen LogP contribution in [-0.2, 0) is 23.0 Å². The molecule has 4 N–H and O–H groups in total. The Balaban J connectivity index is 1.20. The van der Waals surface area contributed by atoms with Crippen molar-refractivity contribution in [3.8, 4) is 11.3 Å². The van der Waals surface area contributed by atoms with E-state index in [1.54, 1.807) is 18.3 Å². The van der Waals surface area contributed by atoms with Gasteiger partial charge in [-0.3, -0.25) is 19.6 Å². The standard InChI is InChI=1S/C28H27F4N7O3/c29-20-8-18-16(7-19(20)21-9-35-23(11-34-21)27(33)13-42-14-27)4-5-39(26(18)41)12-15-2-1-3-17(6-15)37-22-10-36-38-25(40)24(22)28(30,31)32/h4-5,7-11,15,17H,1-3,6,12-14,33H2,(H2,37,38,40)/t15-,17+/m1/s1. The molecule has 42 heavy (non-hydrogen) atoms. The van der Waals surface area contributed by atoms with Crippen molar-refractivity contribution in [1.82, 2.24) is 24.7 Å². The number of hydrogen-bond donors (Lipinski definition) is 3. The normalized spacial score (nSPS) is 20.3. The van der Waals surface area contributed by atoms with Crippen LogP contribution < -0.4 is 22.2 Å². The summed E-state index contributed by atoms with van der Waals surface area (Å²) >= 11 is 0. The number of nitrogens with one attached hydrogen (secondary N) is 2. The van der Waals surface area contributed by atoms with Gasteiger partial charge in [-0.1, -0.05) is 6.42 Å². The minimum Gasteiger partial charge on any atom is -0.380 e. The summed E-state index contributed by atoms with van der Waals surface area (Å²) < 4.78 is 62.2. The lowest BCUT2D eigenvalue weighted by Crippen LogP contribution is -2.54. The van der Waals surface area contributed by atoms with Gasteiger partial charge in [0.05, 0.1) is 54.3 Å². The average molecular weight is 586 g/mol. The van der Waals surface area contributed by atoms with E-state index in [1.165, 1.54) is 23.0 Å². The van der Waals surface area contributed by atoms with E-state index in [0.29, 0.717) is 49.4 Å². The van der Waals surface area contributed by atoms with Gasteiger partial charge in [0.1, 0.15) is 16.9 Å². The quantitative estimate of drug-likeness (QED) is 0.292. The maximum absolute atomic E-state index is 15.2. The number of hydrogen-bond acceptors (Lipinski definition) is 8. The van der Waals surface area contributed by atoms with Gasteiger partial charge in [0.25, 0.3) is 11.1 Å². The van der Waals surface area contributed by atoms with Gasteiger partial charge in [-0.05, 0) is 48.8 Å². The van der Waals surface area contributed by atoms with E-state index in [1.807, 2.05) is 5.10 Å². The zero-order chi connectivity index (χ0) is 29.6. The number of halogens is 4. The molecule has 0 spiro atoms. The van der Waals surface area contributed by atoms with Gasteiger partial charge >= 0.3 is 6.18 Å². The number of alkyl halides is 3. The highest BCUT2D eigenvalue weighted by molar-refractivity contribution is 5.86. The molecule has 1 aliphatic carbocycles. The first kappa shape index (κ1) is 28.0. The molecule has 6 rings (SSSR count). The number of aromatic amines is 1. The van der Waals surface area contributed by atoms with Crippen LogP contribution in [0.15, 0.2) is 52.6 Å². The van der Waals surface area contributed by atoms with E-state index in [-0.39, 0.29) is 34.2 Å². The molecule has 3 aromatic heterocycles. The molecule has 0 amide bonds. The second kappa shape index (κ2) is 10.6. The van der Waals surface area contributed by atoms with Crippen molar-refractivity contribution in [2.45, 2.75) is 50.0 Å². The monoisotopic (exact) mass is 585 g/mol. The summed E-state index contributed by atoms with van der Waals surface area (Å²) in [6.45, 7) is 0.980. The molecule has 2 atom stereocenters. The molecular weight excluding hydrogens is 558 g/mol. The molecule has 4 heterocycles. The Labute approximate surface area is 235 Å². The number of aromatic nitrogens is 5. The van der Waals surface area contributed by atoms with Crippen LogP contribution in [0.5, 0.6) is 0 Å². The predicted octanol–water partition coefficient (Wildman–Crippen LogP) is 3.55. The van der Waals surface area contributed by atoms with E-state index in [2.05, 4.69) is 20.4 Å². The van der Waals surface area contributed by atoms with Crippen LogP contribution in [0.1, 0.15) is 36.9 Å². The summed E-state index contributed by atoms with van der Waals surface area (Å²) in [6, 6.07) is 4.12. The summed E-state index contributed by atoms with van der Waals surface area (Å²) in [7, 11) is 0. The topological polar surface area (TPSA) is 141 Å². The summed E-state index contributed by atoms with van der Waals surface area (Å²) in [5.74, 6) is -0.650. The van der Waals surface area contributed by atoms with Gasteiger partial charge in [0.15, 0.2) is 0 Å². The van der Waals surface area contributed by atoms with Crippen molar-refractivity contribution in [3.05, 3.63) is 80.8 Å². The van der Waals surface area contributed by atoms with Crippen molar-refractivity contribution in [2.24, 2.45) is 11.7 Å². The van der Waals surface area contributed by atoms with Crippen molar-refractivity contribution >= 4 is 16.5 Å². The molecule has 0 radical (unpaired) electrons. The number of nitrogens with two attached hydrogens (primary N) is 1. The number of ether oxygens (including phenoxy) is 1. The minimum absolute atomic E-state index is 0.0273. The molecule has 14 heteroatoms. The Morgan fingerprint density at radius 1 is 1.14 bits per heavy atom. The van der Waals surface area contributed by atoms with Crippen molar-refractivity contribution < 1.29 is 22.3 Å². The molecule has 1 aromatic carbocycles. The average Bonchev–Trinajstić information content (AvgIpc) is 2.93. The highest BCUT2D eigenvalue weighted by Gasteiger charge is 2.39. The molecule has 4 aromatic rings. The molecule has 2 aliphatic rings. The number of fused-ring (bicyclic) bond motifs is 1. The molecule has 0 unspecified atom stereocenters. The highest BCUT2D eigenvalue weighted by atomic mass is 19.4. The van der Waals surface area contributed by atoms with Crippen LogP contribution in [0.3, 0.4) is 0 Å². The van der Waals surface area contributed by atoms with Crippen LogP contribution in [0, 0.1) is 11.7 Å². The number of rotatable bonds is 6. The van der Waals surface area contributed by atoms with Crippen molar-refractivity contribution in [2.75, 3.05) is 18.5 Å². The van der Waals surface area contributed by atoms with Crippen LogP contribution in [0.2, 0.25) is 0 Å². The number of benzene rings is 1. The fourth-order valence-electron chi connectivity index (χ4n) is 5.72. The summed E-state index contributed by atoms with van der Waals surface area (Å²) in [5.41, 5.74) is 3.17. The second-order valence-corrected chi connectivity index (χ2v) is 11.0. The zero-order valence-electron chi connectivity index (χ0n) is 22.2. The van der Waals surface area contributed by atoms with Gasteiger partial charge in [0, 0.05) is 24.3 Å². The maximum atomic E-state index is 15.2. The lowest BCUT2D eigenvalue weighted by Gasteiger charge is -2.36. The van der Waals surface area contributed by atoms with E-state index < -0.39 is 28.7 Å². The Morgan fingerprint density at radius 3 is 2.64 bits per heavy atom. The molecular formula is C28H27F4N7O3. The third kappa shape index (κ3) is 5.27. The Hall–Kier alpha value is -4.17. The second-order valence-electron chi connectivity index (χ2n) is 11.0. The van der Waals surface area contributed by atoms with Crippen LogP contribution in [0.25, 0.3) is 22.0 Å². The molecule has 1 aliphatic heterocycles. The smallest absolute Gasteiger partial charge is 0.380 e. The largest absolute Gasteiger partial charge is 0.423 e. The minimum atomic E-state index is -4.84. The first-order valence-electron chi connectivity index (χ1n) is 13.5. The maximum Gasteiger partial charge on any atom is 0.423 e. The van der Waals surface area contributed by atoms with Gasteiger partial charge < -0.3 is 20.4 Å². The van der Waals surface area contributed by atoms with Gasteiger partial charge in [-0.2, -0.15) is 18.3 Å². The fraction of sp³-hybridized carbons (Fsp3) is 0.393. The third-order valence-corrected chi connectivity index (χ3v) is 7.96. The van der Waals surface area contributed by atoms with Gasteiger partial charge in [-0.25, -0.2) is 9.49 Å². The lowest BCUT2D eigenvalue weighted by atomic mass is 9.85. The van der Waals surface area contributed by atoms with Gasteiger partial charge in [0.2, 0.25) is 0 Å². The SMILES string of the molecule is NC1(c2cnc(-c3cc4ccn(C[C@@H]5CCC[C@H](Nc6cn[nH]c(=O)c6C(F)(F)F)C5)c(=O)c4cc3F)cn2)COC1. The Kier molecular flexibility index (Phi) is 7.05. The predicted molar refractivity (Wildman–Crippen MR) is 145 cm³/mol. The molecule has 10 nitrogen and oxygen atoms in total. The lowest BCUT2D eigenvalue weighted by molar-refractivity contribution is -0.138. The Bertz CT molecular complexity index is 1750.